The van der Waals surface area contributed by atoms with Crippen LogP contribution in [0.1, 0.15) is 0 Å². The molecule has 0 radical (unpaired) electrons. The average molecular weight is 351 g/mol. The van der Waals surface area contributed by atoms with Crippen molar-refractivity contribution in [3.8, 4) is 0 Å². The van der Waals surface area contributed by atoms with Crippen LogP contribution in [0.4, 0.5) is 23.9 Å². The molecule has 0 aromatic carbocycles. The Bertz CT molecular complexity index is 598. The molecule has 0 bridgehead atoms. The number of hydrogen-bond acceptors (Lipinski definition) is 7. The van der Waals surface area contributed by atoms with Gasteiger partial charge in [-0.15, -0.1) is 0 Å². The van der Waals surface area contributed by atoms with E-state index in [2.05, 4.69) is 0 Å². The zero-order chi connectivity index (χ0) is 15.6. The van der Waals surface area contributed by atoms with Crippen LogP contribution in [0.15, 0.2) is 10.3 Å². The number of sulfonamides is 1. The van der Waals surface area contributed by atoms with Crippen molar-refractivity contribution in [3.05, 3.63) is 16.2 Å². The molecule has 0 amide bonds. The highest BCUT2D eigenvalue weighted by atomic mass is 32.2. The van der Waals surface area contributed by atoms with Gasteiger partial charge in [0, 0.05) is 18.4 Å². The first-order chi connectivity index (χ1) is 9.03. The highest BCUT2D eigenvalue weighted by Gasteiger charge is 2.28. The number of nitrogens with zero attached hydrogens (tertiary/aromatic N) is 1. The molecule has 7 nitrogen and oxygen atoms in total. The molecule has 1 aromatic heterocycles. The summed E-state index contributed by atoms with van der Waals surface area (Å²) in [5.41, 5.74) is 0.280. The Labute approximate surface area is 119 Å². The summed E-state index contributed by atoms with van der Waals surface area (Å²) in [4.78, 5) is 9.68. The Morgan fingerprint density at radius 1 is 1.50 bits per heavy atom. The highest BCUT2D eigenvalue weighted by Crippen LogP contribution is 2.34. The zero-order valence-electron chi connectivity index (χ0n) is 9.51. The lowest BCUT2D eigenvalue weighted by molar-refractivity contribution is -0.383. The highest BCUT2D eigenvalue weighted by molar-refractivity contribution is 8.00. The minimum Gasteiger partial charge on any atom is -0.385 e. The maximum absolute atomic E-state index is 11.8. The number of alkyl halides is 3. The largest absolute Gasteiger partial charge is 0.441 e. The maximum atomic E-state index is 11.8. The lowest BCUT2D eigenvalue weighted by Gasteiger charge is -2.06. The number of nitro groups is 1. The molecule has 1 aromatic rings. The summed E-state index contributed by atoms with van der Waals surface area (Å²) < 4.78 is 60.4. The Balaban J connectivity index is 2.70. The van der Waals surface area contributed by atoms with Crippen molar-refractivity contribution in [3.63, 3.8) is 0 Å². The minimum absolute atomic E-state index is 0.292. The minimum atomic E-state index is -4.45. The summed E-state index contributed by atoms with van der Waals surface area (Å²) in [7, 11) is -4.11. The first-order valence-corrected chi connectivity index (χ1v) is 8.05. The van der Waals surface area contributed by atoms with Crippen molar-refractivity contribution in [2.24, 2.45) is 0 Å². The van der Waals surface area contributed by atoms with Gasteiger partial charge in [0.05, 0.1) is 4.92 Å². The topological polar surface area (TPSA) is 115 Å². The third-order valence-electron chi connectivity index (χ3n) is 1.84. The first kappa shape index (κ1) is 17.0. The van der Waals surface area contributed by atoms with E-state index in [-0.39, 0.29) is 16.8 Å². The van der Waals surface area contributed by atoms with Crippen LogP contribution in [0.5, 0.6) is 0 Å². The number of thioether (sulfide) groups is 1. The van der Waals surface area contributed by atoms with E-state index < -0.39 is 42.6 Å². The summed E-state index contributed by atoms with van der Waals surface area (Å²) in [6, 6.07) is 0.763. The lowest BCUT2D eigenvalue weighted by atomic mass is 10.5. The molecule has 20 heavy (non-hydrogen) atoms. The molecule has 0 spiro atoms. The molecule has 0 aliphatic rings. The molecule has 0 aliphatic carbocycles. The fraction of sp³-hybridized carbons (Fsp3) is 0.429. The second-order valence-electron chi connectivity index (χ2n) is 3.26. The van der Waals surface area contributed by atoms with E-state index in [9.17, 15) is 31.7 Å². The predicted octanol–water partition coefficient (Wildman–Crippen LogP) is 1.77. The average Bonchev–Trinajstić information content (AvgIpc) is 2.66. The van der Waals surface area contributed by atoms with Gasteiger partial charge in [0.2, 0.25) is 10.0 Å². The van der Waals surface area contributed by atoms with Gasteiger partial charge in [0.25, 0.3) is 0 Å². The van der Waals surface area contributed by atoms with Crippen LogP contribution in [0.2, 0.25) is 0 Å². The molecule has 0 unspecified atom stereocenters. The fourth-order valence-corrected chi connectivity index (χ4v) is 3.92. The van der Waals surface area contributed by atoms with E-state index >= 15 is 0 Å². The SMILES string of the molecule is Nc1sc(S(=O)(=O)NCCSC(F)(F)F)cc1[N+](=O)[O-]. The summed E-state index contributed by atoms with van der Waals surface area (Å²) in [5, 5.41) is 10.2. The van der Waals surface area contributed by atoms with E-state index in [1.165, 1.54) is 0 Å². The molecule has 0 aliphatic heterocycles. The fourth-order valence-electron chi connectivity index (χ4n) is 1.06. The van der Waals surface area contributed by atoms with Crippen molar-refractivity contribution >= 4 is 43.8 Å². The molecule has 3 N–H and O–H groups in total. The van der Waals surface area contributed by atoms with Gasteiger partial charge in [0.1, 0.15) is 4.21 Å². The van der Waals surface area contributed by atoms with Gasteiger partial charge in [-0.1, -0.05) is 11.3 Å². The Morgan fingerprint density at radius 2 is 2.10 bits per heavy atom. The third kappa shape index (κ3) is 4.81. The number of anilines is 1. The number of rotatable bonds is 6. The van der Waals surface area contributed by atoms with Crippen LogP contribution in [0.3, 0.4) is 0 Å². The smallest absolute Gasteiger partial charge is 0.385 e. The molecule has 0 saturated heterocycles. The van der Waals surface area contributed by atoms with Crippen molar-refractivity contribution in [2.45, 2.75) is 9.72 Å². The van der Waals surface area contributed by atoms with E-state index in [0.29, 0.717) is 11.3 Å². The number of thiophene rings is 1. The predicted molar refractivity (Wildman–Crippen MR) is 69.1 cm³/mol. The lowest BCUT2D eigenvalue weighted by Crippen LogP contribution is -2.26. The van der Waals surface area contributed by atoms with E-state index in [4.69, 9.17) is 5.73 Å². The van der Waals surface area contributed by atoms with Crippen LogP contribution in [0.25, 0.3) is 0 Å². The summed E-state index contributed by atoms with van der Waals surface area (Å²) in [5.74, 6) is -0.508. The summed E-state index contributed by atoms with van der Waals surface area (Å²) in [6.07, 6.45) is 0. The second-order valence-corrected chi connectivity index (χ2v) is 7.50. The van der Waals surface area contributed by atoms with Crippen LogP contribution in [-0.4, -0.2) is 31.1 Å². The molecule has 13 heteroatoms. The maximum Gasteiger partial charge on any atom is 0.441 e. The van der Waals surface area contributed by atoms with Crippen LogP contribution in [-0.2, 0) is 10.0 Å². The van der Waals surface area contributed by atoms with Gasteiger partial charge in [0.15, 0.2) is 5.00 Å². The Kier molecular flexibility index (Phi) is 5.23. The van der Waals surface area contributed by atoms with Crippen molar-refractivity contribution in [1.82, 2.24) is 4.72 Å². The molecule has 0 atom stereocenters. The quantitative estimate of drug-likeness (QED) is 0.458. The first-order valence-electron chi connectivity index (χ1n) is 4.77. The number of nitrogen functional groups attached to an aromatic ring is 1. The zero-order valence-corrected chi connectivity index (χ0v) is 12.0. The number of nitrogens with two attached hydrogens (primary N) is 1. The van der Waals surface area contributed by atoms with Crippen molar-refractivity contribution in [1.29, 1.82) is 0 Å². The van der Waals surface area contributed by atoms with Gasteiger partial charge < -0.3 is 5.73 Å². The van der Waals surface area contributed by atoms with Gasteiger partial charge >= 0.3 is 11.2 Å². The number of hydrogen-bond donors (Lipinski definition) is 2. The Hall–Kier alpha value is -1.05. The summed E-state index contributed by atoms with van der Waals surface area (Å²) in [6.45, 7) is -0.460. The standard InChI is InChI=1S/C7H8F3N3O4S3/c8-7(9,10)18-2-1-12-20(16,17)5-3-4(13(14)15)6(11)19-5/h3,12H,1-2,11H2. The third-order valence-corrected chi connectivity index (χ3v) is 5.46. The second kappa shape index (κ2) is 6.15. The molecule has 0 saturated carbocycles. The Morgan fingerprint density at radius 3 is 2.55 bits per heavy atom. The monoisotopic (exact) mass is 351 g/mol. The molecule has 114 valence electrons. The molecular weight excluding hydrogens is 343 g/mol. The molecule has 1 rings (SSSR count). The molecule has 0 fully saturated rings. The molecular formula is C7H8F3N3O4S3. The number of halogens is 3. The van der Waals surface area contributed by atoms with Crippen molar-refractivity contribution in [2.75, 3.05) is 18.0 Å². The van der Waals surface area contributed by atoms with Gasteiger partial charge in [-0.3, -0.25) is 10.1 Å². The normalized spacial score (nSPS) is 12.6. The van der Waals surface area contributed by atoms with Crippen molar-refractivity contribution < 1.29 is 26.5 Å². The van der Waals surface area contributed by atoms with E-state index in [0.717, 1.165) is 6.07 Å². The molecule has 1 heterocycles. The van der Waals surface area contributed by atoms with Crippen LogP contribution < -0.4 is 10.5 Å². The number of nitrogens with one attached hydrogen (secondary N) is 1. The van der Waals surface area contributed by atoms with E-state index in [1.807, 2.05) is 4.72 Å². The van der Waals surface area contributed by atoms with E-state index in [1.54, 1.807) is 0 Å². The van der Waals surface area contributed by atoms with Gasteiger partial charge in [-0.25, -0.2) is 13.1 Å². The van der Waals surface area contributed by atoms with Gasteiger partial charge in [-0.2, -0.15) is 13.2 Å². The van der Waals surface area contributed by atoms with Crippen LogP contribution >= 0.6 is 23.1 Å². The van der Waals surface area contributed by atoms with Gasteiger partial charge in [-0.05, 0) is 11.8 Å². The van der Waals surface area contributed by atoms with Crippen LogP contribution in [0, 0.1) is 10.1 Å². The summed E-state index contributed by atoms with van der Waals surface area (Å²) >= 11 is 0.0961.